The van der Waals surface area contributed by atoms with E-state index in [1.165, 1.54) is 13.3 Å². The van der Waals surface area contributed by atoms with Crippen LogP contribution in [-0.2, 0) is 13.2 Å². The molecular weight excluding hydrogens is 335 g/mol. The summed E-state index contributed by atoms with van der Waals surface area (Å²) < 4.78 is 49.5. The molecule has 0 saturated heterocycles. The summed E-state index contributed by atoms with van der Waals surface area (Å²) in [5, 5.41) is 3.37. The van der Waals surface area contributed by atoms with Crippen LogP contribution in [0.4, 0.5) is 13.2 Å². The molecule has 0 saturated carbocycles. The quantitative estimate of drug-likeness (QED) is 0.604. The molecule has 0 aliphatic heterocycles. The van der Waals surface area contributed by atoms with Gasteiger partial charge in [0.2, 0.25) is 17.6 Å². The average molecular weight is 348 g/mol. The molecule has 2 rings (SSSR count). The summed E-state index contributed by atoms with van der Waals surface area (Å²) in [5.41, 5.74) is -0.272. The second kappa shape index (κ2) is 6.91. The van der Waals surface area contributed by atoms with E-state index in [2.05, 4.69) is 10.1 Å². The molecule has 2 aromatic rings. The van der Waals surface area contributed by atoms with Crippen LogP contribution in [0.3, 0.4) is 0 Å². The summed E-state index contributed by atoms with van der Waals surface area (Å²) in [6.07, 6.45) is -1.60. The fraction of sp³-hybridized carbons (Fsp3) is 0.286. The van der Waals surface area contributed by atoms with Crippen LogP contribution in [0.2, 0.25) is 0 Å². The Bertz CT molecular complexity index is 714. The Kier molecular flexibility index (Phi) is 5.15. The van der Waals surface area contributed by atoms with Crippen LogP contribution in [-0.4, -0.2) is 20.6 Å². The maximum absolute atomic E-state index is 12.6. The second-order valence-corrected chi connectivity index (χ2v) is 4.86. The van der Waals surface area contributed by atoms with E-state index in [1.807, 2.05) is 0 Å². The van der Waals surface area contributed by atoms with Crippen LogP contribution >= 0.6 is 11.6 Å². The monoisotopic (exact) mass is 347 g/mol. The molecule has 0 aromatic carbocycles. The highest BCUT2D eigenvalue weighted by atomic mass is 35.5. The fourth-order valence-electron chi connectivity index (χ4n) is 1.66. The van der Waals surface area contributed by atoms with E-state index >= 15 is 0 Å². The number of hydrogen-bond donors (Lipinski definition) is 0. The summed E-state index contributed by atoms with van der Waals surface area (Å²) in [7, 11) is 1.35. The first-order chi connectivity index (χ1) is 10.8. The van der Waals surface area contributed by atoms with Gasteiger partial charge in [-0.05, 0) is 18.6 Å². The maximum Gasteiger partial charge on any atom is 0.435 e. The Morgan fingerprint density at radius 3 is 2.57 bits per heavy atom. The number of aromatic nitrogens is 3. The Morgan fingerprint density at radius 2 is 1.96 bits per heavy atom. The number of halogens is 4. The van der Waals surface area contributed by atoms with E-state index in [0.717, 1.165) is 16.3 Å². The average Bonchev–Trinajstić information content (AvgIpc) is 2.80. The highest BCUT2D eigenvalue weighted by Gasteiger charge is 2.35. The van der Waals surface area contributed by atoms with Crippen molar-refractivity contribution < 1.29 is 22.6 Å². The van der Waals surface area contributed by atoms with Gasteiger partial charge in [0.1, 0.15) is 0 Å². The number of allylic oxidation sites excluding steroid dienone is 1. The van der Waals surface area contributed by atoms with Gasteiger partial charge in [0.05, 0.1) is 6.26 Å². The molecule has 0 aliphatic rings. The lowest BCUT2D eigenvalue weighted by atomic mass is 10.3. The molecular formula is C14H13ClF3N3O2. The third kappa shape index (κ3) is 4.62. The van der Waals surface area contributed by atoms with E-state index in [4.69, 9.17) is 21.1 Å². The molecule has 5 nitrogen and oxygen atoms in total. The summed E-state index contributed by atoms with van der Waals surface area (Å²) in [4.78, 5) is 4.05. The molecule has 124 valence electrons. The molecule has 0 aliphatic carbocycles. The fourth-order valence-corrected chi connectivity index (χ4v) is 1.74. The van der Waals surface area contributed by atoms with E-state index in [1.54, 1.807) is 25.1 Å². The van der Waals surface area contributed by atoms with Crippen LogP contribution < -0.4 is 9.47 Å². The van der Waals surface area contributed by atoms with Gasteiger partial charge in [-0.1, -0.05) is 0 Å². The number of alkyl halides is 4. The van der Waals surface area contributed by atoms with Crippen LogP contribution in [0, 0.1) is 6.92 Å². The smallest absolute Gasteiger partial charge is 0.435 e. The van der Waals surface area contributed by atoms with Crippen LogP contribution in [0.5, 0.6) is 17.6 Å². The second-order valence-electron chi connectivity index (χ2n) is 4.56. The Balaban J connectivity index is 2.23. The minimum absolute atomic E-state index is 0.0855. The molecule has 9 heteroatoms. The minimum Gasteiger partial charge on any atom is -0.447 e. The van der Waals surface area contributed by atoms with Crippen LogP contribution in [0.15, 0.2) is 30.5 Å². The first kappa shape index (κ1) is 17.1. The third-order valence-electron chi connectivity index (χ3n) is 2.63. The largest absolute Gasteiger partial charge is 0.447 e. The van der Waals surface area contributed by atoms with Crippen molar-refractivity contribution >= 4 is 11.6 Å². The molecule has 2 aromatic heterocycles. The number of hydrogen-bond acceptors (Lipinski definition) is 4. The van der Waals surface area contributed by atoms with Crippen LogP contribution in [0.25, 0.3) is 0 Å². The standard InChI is InChI=1S/C14H13ClF3N3O2/c1-9-6-11(22-5-3-4-15)19-12(7-9)23-13-8-10(14(16,17)18)20-21(13)2/h3,5-8H,4H2,1-2H3. The van der Waals surface area contributed by atoms with E-state index in [0.29, 0.717) is 0 Å². The van der Waals surface area contributed by atoms with Gasteiger partial charge in [-0.15, -0.1) is 11.6 Å². The molecule has 2 heterocycles. The third-order valence-corrected chi connectivity index (χ3v) is 2.81. The van der Waals surface area contributed by atoms with Crippen LogP contribution in [0.1, 0.15) is 11.3 Å². The Labute approximate surface area is 135 Å². The van der Waals surface area contributed by atoms with Crippen molar-refractivity contribution in [1.82, 2.24) is 14.8 Å². The van der Waals surface area contributed by atoms with Crippen molar-refractivity contribution in [3.8, 4) is 17.6 Å². The maximum atomic E-state index is 12.6. The van der Waals surface area contributed by atoms with Crippen molar-refractivity contribution in [2.75, 3.05) is 5.88 Å². The Hall–Kier alpha value is -2.22. The topological polar surface area (TPSA) is 49.2 Å². The summed E-state index contributed by atoms with van der Waals surface area (Å²) >= 11 is 5.48. The molecule has 0 spiro atoms. The predicted molar refractivity (Wildman–Crippen MR) is 77.7 cm³/mol. The molecule has 0 unspecified atom stereocenters. The lowest BCUT2D eigenvalue weighted by Crippen LogP contribution is -2.06. The minimum atomic E-state index is -4.54. The summed E-state index contributed by atoms with van der Waals surface area (Å²) in [5.74, 6) is 0.526. The lowest BCUT2D eigenvalue weighted by Gasteiger charge is -2.07. The predicted octanol–water partition coefficient (Wildman–Crippen LogP) is 4.07. The molecule has 0 fully saturated rings. The van der Waals surface area contributed by atoms with Gasteiger partial charge in [0.25, 0.3) is 0 Å². The molecule has 0 atom stereocenters. The van der Waals surface area contributed by atoms with Crippen molar-refractivity contribution in [2.24, 2.45) is 7.05 Å². The Morgan fingerprint density at radius 1 is 1.26 bits per heavy atom. The zero-order valence-corrected chi connectivity index (χ0v) is 13.0. The van der Waals surface area contributed by atoms with Gasteiger partial charge < -0.3 is 9.47 Å². The molecule has 23 heavy (non-hydrogen) atoms. The number of pyridine rings is 1. The number of aryl methyl sites for hydroxylation is 2. The SMILES string of the molecule is Cc1cc(OC=CCCl)nc(Oc2cc(C(F)(F)F)nn2C)c1. The normalized spacial score (nSPS) is 11.9. The highest BCUT2D eigenvalue weighted by molar-refractivity contribution is 6.18. The van der Waals surface area contributed by atoms with Gasteiger partial charge in [0.15, 0.2) is 5.69 Å². The van der Waals surface area contributed by atoms with Gasteiger partial charge in [0, 0.05) is 31.1 Å². The van der Waals surface area contributed by atoms with Gasteiger partial charge in [-0.3, -0.25) is 0 Å². The summed E-state index contributed by atoms with van der Waals surface area (Å²) in [6.45, 7) is 1.77. The van der Waals surface area contributed by atoms with Crippen molar-refractivity contribution in [3.63, 3.8) is 0 Å². The summed E-state index contributed by atoms with van der Waals surface area (Å²) in [6, 6.07) is 4.02. The van der Waals surface area contributed by atoms with Gasteiger partial charge >= 0.3 is 6.18 Å². The zero-order chi connectivity index (χ0) is 17.0. The number of nitrogens with zero attached hydrogens (tertiary/aromatic N) is 3. The highest BCUT2D eigenvalue weighted by Crippen LogP contribution is 2.32. The van der Waals surface area contributed by atoms with Crippen molar-refractivity contribution in [2.45, 2.75) is 13.1 Å². The van der Waals surface area contributed by atoms with Gasteiger partial charge in [-0.2, -0.15) is 23.3 Å². The van der Waals surface area contributed by atoms with Crippen molar-refractivity contribution in [1.29, 1.82) is 0 Å². The molecule has 0 N–H and O–H groups in total. The van der Waals surface area contributed by atoms with E-state index in [9.17, 15) is 13.2 Å². The van der Waals surface area contributed by atoms with E-state index in [-0.39, 0.29) is 23.5 Å². The van der Waals surface area contributed by atoms with E-state index < -0.39 is 11.9 Å². The number of ether oxygens (including phenoxy) is 2. The zero-order valence-electron chi connectivity index (χ0n) is 12.3. The van der Waals surface area contributed by atoms with Gasteiger partial charge in [-0.25, -0.2) is 4.68 Å². The lowest BCUT2D eigenvalue weighted by molar-refractivity contribution is -0.141. The molecule has 0 radical (unpaired) electrons. The first-order valence-corrected chi connectivity index (χ1v) is 6.98. The molecule has 0 bridgehead atoms. The first-order valence-electron chi connectivity index (χ1n) is 6.45. The number of rotatable bonds is 5. The van der Waals surface area contributed by atoms with Crippen molar-refractivity contribution in [3.05, 3.63) is 41.8 Å². The molecule has 0 amide bonds.